The van der Waals surface area contributed by atoms with E-state index < -0.39 is 0 Å². The van der Waals surface area contributed by atoms with Crippen LogP contribution in [0.25, 0.3) is 0 Å². The van der Waals surface area contributed by atoms with Crippen LogP contribution in [0.5, 0.6) is 5.75 Å². The highest BCUT2D eigenvalue weighted by Gasteiger charge is 2.31. The third-order valence-electron chi connectivity index (χ3n) is 5.73. The molecule has 1 saturated heterocycles. The van der Waals surface area contributed by atoms with Gasteiger partial charge in [0.15, 0.2) is 5.76 Å². The van der Waals surface area contributed by atoms with Gasteiger partial charge in [0.1, 0.15) is 11.5 Å². The first-order valence-electron chi connectivity index (χ1n) is 10.2. The number of piperazine rings is 1. The van der Waals surface area contributed by atoms with Gasteiger partial charge in [-0.05, 0) is 51.1 Å². The number of phenols is 1. The summed E-state index contributed by atoms with van der Waals surface area (Å²) in [7, 11) is 2.05. The highest BCUT2D eigenvalue weighted by Crippen LogP contribution is 2.30. The lowest BCUT2D eigenvalue weighted by Crippen LogP contribution is -2.47. The Labute approximate surface area is 175 Å². The van der Waals surface area contributed by atoms with Gasteiger partial charge in [0, 0.05) is 49.3 Å². The zero-order valence-corrected chi connectivity index (χ0v) is 17.3. The lowest BCUT2D eigenvalue weighted by atomic mass is 9.93. The summed E-state index contributed by atoms with van der Waals surface area (Å²) in [5.41, 5.74) is 5.34. The molecule has 0 atom stereocenters. The first kappa shape index (κ1) is 20.2. The van der Waals surface area contributed by atoms with Gasteiger partial charge >= 0.3 is 0 Å². The van der Waals surface area contributed by atoms with Crippen molar-refractivity contribution in [1.82, 2.24) is 15.2 Å². The minimum absolute atomic E-state index is 0.0810. The Kier molecular flexibility index (Phi) is 5.59. The molecule has 0 saturated carbocycles. The molecule has 2 aliphatic rings. The summed E-state index contributed by atoms with van der Waals surface area (Å²) < 4.78 is 5.99. The van der Waals surface area contributed by atoms with Crippen LogP contribution in [0.4, 0.5) is 0 Å². The topological polar surface area (TPSA) is 98.4 Å². The molecule has 4 rings (SSSR count). The van der Waals surface area contributed by atoms with E-state index >= 15 is 0 Å². The molecule has 0 bridgehead atoms. The Hall–Kier alpha value is -3.13. The molecule has 30 heavy (non-hydrogen) atoms. The monoisotopic (exact) mass is 410 g/mol. The number of carbonyl (C=O) groups is 2. The van der Waals surface area contributed by atoms with Gasteiger partial charge in [-0.2, -0.15) is 5.10 Å². The van der Waals surface area contributed by atoms with E-state index in [2.05, 4.69) is 15.4 Å². The van der Waals surface area contributed by atoms with E-state index in [1.54, 1.807) is 0 Å². The number of amides is 2. The number of hydrazone groups is 1. The van der Waals surface area contributed by atoms with E-state index in [0.29, 0.717) is 30.8 Å². The van der Waals surface area contributed by atoms with Crippen molar-refractivity contribution in [3.05, 3.63) is 52.5 Å². The number of carbonyl (C=O) groups excluding carboxylic acids is 2. The molecule has 0 radical (unpaired) electrons. The van der Waals surface area contributed by atoms with Crippen LogP contribution < -0.4 is 5.43 Å². The fourth-order valence-electron chi connectivity index (χ4n) is 3.93. The molecule has 8 nitrogen and oxygen atoms in total. The fourth-order valence-corrected chi connectivity index (χ4v) is 3.93. The summed E-state index contributed by atoms with van der Waals surface area (Å²) in [6.07, 6.45) is 2.29. The molecule has 1 aliphatic heterocycles. The van der Waals surface area contributed by atoms with E-state index in [0.717, 1.165) is 48.5 Å². The van der Waals surface area contributed by atoms with Crippen molar-refractivity contribution in [3.63, 3.8) is 0 Å². The van der Waals surface area contributed by atoms with Crippen LogP contribution in [-0.4, -0.2) is 65.7 Å². The molecule has 158 valence electrons. The molecular formula is C22H26N4O4. The van der Waals surface area contributed by atoms with Crippen LogP contribution >= 0.6 is 0 Å². The maximum absolute atomic E-state index is 13.0. The first-order valence-corrected chi connectivity index (χ1v) is 10.2. The molecule has 0 unspecified atom stereocenters. The van der Waals surface area contributed by atoms with Gasteiger partial charge in [0.25, 0.3) is 11.8 Å². The average Bonchev–Trinajstić information content (AvgIpc) is 3.09. The van der Waals surface area contributed by atoms with Gasteiger partial charge in [-0.25, -0.2) is 5.43 Å². The molecule has 0 spiro atoms. The van der Waals surface area contributed by atoms with Gasteiger partial charge in [-0.15, -0.1) is 0 Å². The normalized spacial score (nSPS) is 18.3. The fraction of sp³-hybridized carbons (Fsp3) is 0.409. The predicted molar refractivity (Wildman–Crippen MR) is 112 cm³/mol. The van der Waals surface area contributed by atoms with Gasteiger partial charge in [0.2, 0.25) is 0 Å². The number of rotatable bonds is 3. The first-order chi connectivity index (χ1) is 14.4. The number of benzene rings is 1. The number of aryl methyl sites for hydroxylation is 1. The Bertz CT molecular complexity index is 985. The summed E-state index contributed by atoms with van der Waals surface area (Å²) >= 11 is 0. The van der Waals surface area contributed by atoms with Crippen LogP contribution in [0.1, 0.15) is 50.6 Å². The van der Waals surface area contributed by atoms with E-state index in [1.807, 2.05) is 18.9 Å². The molecular weight excluding hydrogens is 384 g/mol. The van der Waals surface area contributed by atoms with Crippen LogP contribution in [0, 0.1) is 6.92 Å². The molecule has 1 aliphatic carbocycles. The number of nitrogens with one attached hydrogen (secondary N) is 1. The van der Waals surface area contributed by atoms with Crippen molar-refractivity contribution in [2.45, 2.75) is 26.2 Å². The average molecular weight is 410 g/mol. The summed E-state index contributed by atoms with van der Waals surface area (Å²) in [5, 5.41) is 13.7. The summed E-state index contributed by atoms with van der Waals surface area (Å²) in [4.78, 5) is 29.4. The van der Waals surface area contributed by atoms with Crippen molar-refractivity contribution in [3.8, 4) is 5.75 Å². The zero-order valence-electron chi connectivity index (χ0n) is 17.3. The minimum Gasteiger partial charge on any atom is -0.508 e. The molecule has 2 N–H and O–H groups in total. The van der Waals surface area contributed by atoms with E-state index in [1.165, 1.54) is 24.3 Å². The Morgan fingerprint density at radius 2 is 1.80 bits per heavy atom. The lowest BCUT2D eigenvalue weighted by Gasteiger charge is -2.31. The number of likely N-dealkylation sites (N-methyl/N-ethyl adjacent to an activating group) is 1. The number of aromatic hydroxyl groups is 1. The Balaban J connectivity index is 1.55. The third-order valence-corrected chi connectivity index (χ3v) is 5.73. The van der Waals surface area contributed by atoms with Crippen LogP contribution in [-0.2, 0) is 6.42 Å². The number of hydrogen-bond donors (Lipinski definition) is 2. The van der Waals surface area contributed by atoms with Gasteiger partial charge < -0.3 is 19.3 Å². The maximum atomic E-state index is 13.0. The summed E-state index contributed by atoms with van der Waals surface area (Å²) in [5.74, 6) is 0.797. The second-order valence-corrected chi connectivity index (χ2v) is 7.85. The van der Waals surface area contributed by atoms with Crippen molar-refractivity contribution in [2.75, 3.05) is 33.2 Å². The smallest absolute Gasteiger partial charge is 0.289 e. The number of hydrogen-bond acceptors (Lipinski definition) is 6. The maximum Gasteiger partial charge on any atom is 0.289 e. The molecule has 2 heterocycles. The predicted octanol–water partition coefficient (Wildman–Crippen LogP) is 2.15. The van der Waals surface area contributed by atoms with E-state index in [-0.39, 0.29) is 17.6 Å². The Morgan fingerprint density at radius 3 is 2.50 bits per heavy atom. The molecule has 1 fully saturated rings. The van der Waals surface area contributed by atoms with Crippen molar-refractivity contribution >= 4 is 17.5 Å². The molecule has 1 aromatic carbocycles. The van der Waals surface area contributed by atoms with Crippen LogP contribution in [0.2, 0.25) is 0 Å². The minimum atomic E-state index is -0.357. The van der Waals surface area contributed by atoms with Crippen LogP contribution in [0.15, 0.2) is 33.8 Å². The standard InChI is InChI=1S/C22H26N4O4/c1-14-19-17(23-24-21(28)15-6-8-16(27)9-7-15)4-3-5-18(19)30-20(14)22(29)26-12-10-25(2)11-13-26/h6-9,27H,3-5,10-13H2,1-2H3,(H,24,28)/b23-17+. The molecule has 8 heteroatoms. The van der Waals surface area contributed by atoms with Crippen molar-refractivity contribution < 1.29 is 19.1 Å². The number of furan rings is 1. The second kappa shape index (κ2) is 8.31. The Morgan fingerprint density at radius 1 is 1.10 bits per heavy atom. The van der Waals surface area contributed by atoms with Crippen LogP contribution in [0.3, 0.4) is 0 Å². The van der Waals surface area contributed by atoms with Crippen molar-refractivity contribution in [2.24, 2.45) is 5.10 Å². The number of nitrogens with zero attached hydrogens (tertiary/aromatic N) is 3. The lowest BCUT2D eigenvalue weighted by molar-refractivity contribution is 0.0629. The third kappa shape index (κ3) is 3.95. The van der Waals surface area contributed by atoms with Gasteiger partial charge in [-0.3, -0.25) is 9.59 Å². The highest BCUT2D eigenvalue weighted by molar-refractivity contribution is 6.07. The quantitative estimate of drug-likeness (QED) is 0.756. The largest absolute Gasteiger partial charge is 0.508 e. The van der Waals surface area contributed by atoms with E-state index in [4.69, 9.17) is 4.42 Å². The molecule has 1 aromatic heterocycles. The SMILES string of the molecule is Cc1c(C(=O)N2CCN(C)CC2)oc2c1/C(=N/NC(=O)c1ccc(O)cc1)CCC2. The van der Waals surface area contributed by atoms with Gasteiger partial charge in [0.05, 0.1) is 5.71 Å². The summed E-state index contributed by atoms with van der Waals surface area (Å²) in [6.45, 7) is 4.95. The van der Waals surface area contributed by atoms with Gasteiger partial charge in [-0.1, -0.05) is 0 Å². The molecule has 2 amide bonds. The summed E-state index contributed by atoms with van der Waals surface area (Å²) in [6, 6.07) is 5.98. The number of fused-ring (bicyclic) bond motifs is 1. The second-order valence-electron chi connectivity index (χ2n) is 7.85. The molecule has 2 aromatic rings. The zero-order chi connectivity index (χ0) is 21.3. The number of phenolic OH excluding ortho intramolecular Hbond substituents is 1. The van der Waals surface area contributed by atoms with E-state index in [9.17, 15) is 14.7 Å². The highest BCUT2D eigenvalue weighted by atomic mass is 16.4. The van der Waals surface area contributed by atoms with Crippen molar-refractivity contribution in [1.29, 1.82) is 0 Å².